The van der Waals surface area contributed by atoms with E-state index in [9.17, 15) is 9.59 Å². The van der Waals surface area contributed by atoms with E-state index in [1.165, 1.54) is 21.3 Å². The third kappa shape index (κ3) is 9.69. The van der Waals surface area contributed by atoms with E-state index in [4.69, 9.17) is 4.43 Å². The van der Waals surface area contributed by atoms with Crippen molar-refractivity contribution >= 4 is 47.3 Å². The molecule has 0 unspecified atom stereocenters. The quantitative estimate of drug-likeness (QED) is 0.0989. The van der Waals surface area contributed by atoms with Crippen molar-refractivity contribution in [3.05, 3.63) is 44.6 Å². The fourth-order valence-electron chi connectivity index (χ4n) is 4.24. The molecule has 2 rings (SSSR count). The molecule has 4 nitrogen and oxygen atoms in total. The minimum absolute atomic E-state index is 0.0440. The standard InChI is InChI=1S/C29H45BrO4SSi/c1-21-26(30)20-24(35-21)18-17-23(34-36(6,7)29(2,3)4)16-14-22-15-19-27(31)25(22)12-10-8-9-11-13-28(32)33-5/h8,10,14,16,20,22-23,25H,9,11-13,15,17-19H2,1-7H3/b10-8-,16-14+/t22-,23+,25+/m0/s1. The third-order valence-electron chi connectivity index (χ3n) is 7.60. The first-order valence-corrected chi connectivity index (χ1v) is 17.7. The Hall–Kier alpha value is -1.02. The van der Waals surface area contributed by atoms with Crippen LogP contribution in [0.3, 0.4) is 0 Å². The van der Waals surface area contributed by atoms with Crippen LogP contribution < -0.4 is 0 Å². The second-order valence-corrected chi connectivity index (χ2v) is 18.4. The average molecular weight is 598 g/mol. The maximum absolute atomic E-state index is 12.6. The van der Waals surface area contributed by atoms with Gasteiger partial charge in [-0.2, -0.15) is 0 Å². The fourth-order valence-corrected chi connectivity index (χ4v) is 7.16. The van der Waals surface area contributed by atoms with Crippen molar-refractivity contribution in [2.75, 3.05) is 7.11 Å². The smallest absolute Gasteiger partial charge is 0.305 e. The maximum Gasteiger partial charge on any atom is 0.305 e. The molecule has 1 aliphatic carbocycles. The summed E-state index contributed by atoms with van der Waals surface area (Å²) < 4.78 is 12.7. The van der Waals surface area contributed by atoms with Gasteiger partial charge in [-0.3, -0.25) is 9.59 Å². The van der Waals surface area contributed by atoms with Crippen LogP contribution in [0, 0.1) is 18.8 Å². The van der Waals surface area contributed by atoms with Crippen molar-refractivity contribution in [1.82, 2.24) is 0 Å². The number of thiophene rings is 1. The minimum atomic E-state index is -1.93. The number of unbranched alkanes of at least 4 members (excludes halogenated alkanes) is 1. The Morgan fingerprint density at radius 2 is 2.03 bits per heavy atom. The molecule has 0 N–H and O–H groups in total. The zero-order valence-corrected chi connectivity index (χ0v) is 26.6. The molecule has 0 saturated heterocycles. The van der Waals surface area contributed by atoms with Crippen molar-refractivity contribution in [2.24, 2.45) is 11.8 Å². The summed E-state index contributed by atoms with van der Waals surface area (Å²) in [5.74, 6) is 0.504. The zero-order chi connectivity index (χ0) is 26.9. The number of carbonyl (C=O) groups excluding carboxylic acids is 2. The van der Waals surface area contributed by atoms with Gasteiger partial charge in [-0.05, 0) is 91.5 Å². The predicted octanol–water partition coefficient (Wildman–Crippen LogP) is 8.58. The number of Topliss-reactive ketones (excluding diaryl/α,β-unsaturated/α-hetero) is 1. The Labute approximate surface area is 232 Å². The molecule has 1 aliphatic rings. The summed E-state index contributed by atoms with van der Waals surface area (Å²) in [6.07, 6.45) is 15.1. The van der Waals surface area contributed by atoms with Gasteiger partial charge in [-0.25, -0.2) is 0 Å². The summed E-state index contributed by atoms with van der Waals surface area (Å²) in [5, 5.41) is 0.145. The topological polar surface area (TPSA) is 52.6 Å². The lowest BCUT2D eigenvalue weighted by Crippen LogP contribution is -2.43. The monoisotopic (exact) mass is 596 g/mol. The van der Waals surface area contributed by atoms with Gasteiger partial charge in [0.2, 0.25) is 0 Å². The van der Waals surface area contributed by atoms with Gasteiger partial charge in [0.15, 0.2) is 8.32 Å². The third-order valence-corrected chi connectivity index (χ3v) is 14.3. The number of esters is 1. The number of halogens is 1. The van der Waals surface area contributed by atoms with Crippen molar-refractivity contribution in [3.63, 3.8) is 0 Å². The molecule has 0 radical (unpaired) electrons. The fraction of sp³-hybridized carbons (Fsp3) is 0.655. The number of aryl methyl sites for hydroxylation is 2. The Kier molecular flexibility index (Phi) is 12.3. The SMILES string of the molecule is COC(=O)CCC/C=C\C[C@H]1C(=O)CC[C@@H]1/C=C/[C@H](CCc1cc(Br)c(C)s1)O[Si](C)(C)C(C)(C)C. The van der Waals surface area contributed by atoms with Crippen LogP contribution in [0.4, 0.5) is 0 Å². The van der Waals surface area contributed by atoms with E-state index in [1.54, 1.807) is 0 Å². The molecule has 0 bridgehead atoms. The van der Waals surface area contributed by atoms with E-state index in [-0.39, 0.29) is 28.9 Å². The number of rotatable bonds is 13. The number of hydrogen-bond donors (Lipinski definition) is 0. The largest absolute Gasteiger partial charge is 0.469 e. The van der Waals surface area contributed by atoms with Gasteiger partial charge in [0, 0.05) is 33.0 Å². The van der Waals surface area contributed by atoms with Crippen LogP contribution in [0.1, 0.15) is 75.5 Å². The lowest BCUT2D eigenvalue weighted by molar-refractivity contribution is -0.140. The van der Waals surface area contributed by atoms with Crippen molar-refractivity contribution in [2.45, 2.75) is 103 Å². The molecular weight excluding hydrogens is 552 g/mol. The Morgan fingerprint density at radius 1 is 1.31 bits per heavy atom. The molecule has 1 aromatic heterocycles. The normalized spacial score (nSPS) is 20.1. The Balaban J connectivity index is 2.04. The molecule has 1 aromatic rings. The van der Waals surface area contributed by atoms with Gasteiger partial charge >= 0.3 is 5.97 Å². The lowest BCUT2D eigenvalue weighted by atomic mass is 9.91. The molecule has 1 fully saturated rings. The van der Waals surface area contributed by atoms with E-state index < -0.39 is 8.32 Å². The van der Waals surface area contributed by atoms with Gasteiger partial charge in [-0.15, -0.1) is 11.3 Å². The number of ketones is 1. The molecule has 0 amide bonds. The number of carbonyl (C=O) groups is 2. The molecule has 36 heavy (non-hydrogen) atoms. The van der Waals surface area contributed by atoms with E-state index in [0.29, 0.717) is 18.6 Å². The van der Waals surface area contributed by atoms with Crippen LogP contribution in [0.2, 0.25) is 18.1 Å². The summed E-state index contributed by atoms with van der Waals surface area (Å²) in [6, 6.07) is 2.23. The Bertz CT molecular complexity index is 909. The molecule has 0 aliphatic heterocycles. The van der Waals surface area contributed by atoms with Crippen molar-refractivity contribution < 1.29 is 18.8 Å². The number of ether oxygens (including phenoxy) is 1. The highest BCUT2D eigenvalue weighted by atomic mass is 79.9. The summed E-state index contributed by atoms with van der Waals surface area (Å²) in [6.45, 7) is 13.6. The molecule has 0 aromatic carbocycles. The van der Waals surface area contributed by atoms with Crippen molar-refractivity contribution in [3.8, 4) is 0 Å². The highest BCUT2D eigenvalue weighted by Gasteiger charge is 2.39. The van der Waals surface area contributed by atoms with Gasteiger partial charge in [0.25, 0.3) is 0 Å². The van der Waals surface area contributed by atoms with Gasteiger partial charge in [0.05, 0.1) is 13.2 Å². The van der Waals surface area contributed by atoms with Crippen LogP contribution in [0.15, 0.2) is 34.8 Å². The number of hydrogen-bond acceptors (Lipinski definition) is 5. The minimum Gasteiger partial charge on any atom is -0.469 e. The summed E-state index contributed by atoms with van der Waals surface area (Å²) in [4.78, 5) is 26.6. The Morgan fingerprint density at radius 3 is 2.64 bits per heavy atom. The molecule has 202 valence electrons. The summed E-state index contributed by atoms with van der Waals surface area (Å²) >= 11 is 5.49. The van der Waals surface area contributed by atoms with Crippen LogP contribution in [-0.2, 0) is 25.2 Å². The van der Waals surface area contributed by atoms with Crippen LogP contribution in [0.5, 0.6) is 0 Å². The molecule has 7 heteroatoms. The first-order chi connectivity index (χ1) is 16.8. The van der Waals surface area contributed by atoms with E-state index in [2.05, 4.69) is 91.8 Å². The lowest BCUT2D eigenvalue weighted by Gasteiger charge is -2.38. The van der Waals surface area contributed by atoms with Crippen LogP contribution in [-0.4, -0.2) is 33.3 Å². The predicted molar refractivity (Wildman–Crippen MR) is 157 cm³/mol. The van der Waals surface area contributed by atoms with E-state index in [1.807, 2.05) is 11.3 Å². The van der Waals surface area contributed by atoms with Gasteiger partial charge in [-0.1, -0.05) is 45.1 Å². The maximum atomic E-state index is 12.6. The number of methoxy groups -OCH3 is 1. The van der Waals surface area contributed by atoms with Crippen LogP contribution in [0.25, 0.3) is 0 Å². The van der Waals surface area contributed by atoms with E-state index >= 15 is 0 Å². The molecule has 1 heterocycles. The number of allylic oxidation sites excluding steroid dienone is 3. The second-order valence-electron chi connectivity index (χ2n) is 11.4. The van der Waals surface area contributed by atoms with Crippen molar-refractivity contribution in [1.29, 1.82) is 0 Å². The molecule has 1 saturated carbocycles. The summed E-state index contributed by atoms with van der Waals surface area (Å²) in [5.41, 5.74) is 0. The molecular formula is C29H45BrO4SSi. The average Bonchev–Trinajstić information content (AvgIpc) is 3.31. The molecule has 3 atom stereocenters. The first kappa shape index (κ1) is 31.2. The zero-order valence-electron chi connectivity index (χ0n) is 23.2. The highest BCUT2D eigenvalue weighted by molar-refractivity contribution is 9.10. The molecule has 0 spiro atoms. The van der Waals surface area contributed by atoms with Gasteiger partial charge < -0.3 is 9.16 Å². The summed E-state index contributed by atoms with van der Waals surface area (Å²) in [7, 11) is -0.514. The first-order valence-electron chi connectivity index (χ1n) is 13.2. The van der Waals surface area contributed by atoms with Gasteiger partial charge in [0.1, 0.15) is 5.78 Å². The second kappa shape index (κ2) is 14.2. The van der Waals surface area contributed by atoms with Crippen LogP contribution >= 0.6 is 27.3 Å². The van der Waals surface area contributed by atoms with E-state index in [0.717, 1.165) is 38.5 Å². The highest BCUT2D eigenvalue weighted by Crippen LogP contribution is 2.39.